The number of aliphatic carboxylic acids is 2. The van der Waals surface area contributed by atoms with Crippen molar-refractivity contribution >= 4 is 55.4 Å². The molecular weight excluding hydrogens is 881 g/mol. The van der Waals surface area contributed by atoms with E-state index in [1.165, 1.54) is 0 Å². The first-order valence-corrected chi connectivity index (χ1v) is 21.7. The smallest absolute Gasteiger partial charge is 0.397 e. The Morgan fingerprint density at radius 1 is 0.776 bits per heavy atom. The molecule has 2 aliphatic heterocycles. The number of rotatable bonds is 13. The SMILES string of the molecule is CC1CCC(NS(=O)O)CO1.CNCC1OC(COS(=O)O)CC1O.O.O.O=C(O)C1CC(O)C(OS(=O)(=O)O)C(O)C1.O=C(O)C1CCC(OS(=O)(=O)O)C(O)C1. The van der Waals surface area contributed by atoms with Gasteiger partial charge in [0.25, 0.3) is 0 Å². The van der Waals surface area contributed by atoms with Crippen molar-refractivity contribution in [2.45, 2.75) is 119 Å². The van der Waals surface area contributed by atoms with Gasteiger partial charge >= 0.3 is 44.1 Å². The molecule has 2 saturated heterocycles. The third-order valence-corrected chi connectivity index (χ3v) is 10.4. The number of likely N-dealkylation sites (N-methyl/N-ethyl adjacent to an activating group) is 1. The van der Waals surface area contributed by atoms with E-state index in [9.17, 15) is 55.3 Å². The Morgan fingerprint density at radius 3 is 1.72 bits per heavy atom. The van der Waals surface area contributed by atoms with Gasteiger partial charge in [-0.2, -0.15) is 21.0 Å². The monoisotopic (exact) mass is 936 g/mol. The number of hydrogen-bond donors (Lipinski definition) is 12. The minimum Gasteiger partial charge on any atom is -0.481 e. The number of aliphatic hydroxyl groups is 4. The van der Waals surface area contributed by atoms with Crippen molar-refractivity contribution in [1.29, 1.82) is 0 Å². The number of carbonyl (C=O) groups is 2. The summed E-state index contributed by atoms with van der Waals surface area (Å²) in [4.78, 5) is 21.2. The molecule has 348 valence electrons. The van der Waals surface area contributed by atoms with E-state index in [4.69, 9.17) is 37.9 Å². The van der Waals surface area contributed by atoms with Gasteiger partial charge in [0, 0.05) is 19.0 Å². The van der Waals surface area contributed by atoms with Gasteiger partial charge < -0.3 is 56.4 Å². The summed E-state index contributed by atoms with van der Waals surface area (Å²) in [5.74, 6) is -3.88. The summed E-state index contributed by atoms with van der Waals surface area (Å²) >= 11 is -4.17. The fraction of sp³-hybridized carbons (Fsp3) is 0.926. The maximum Gasteiger partial charge on any atom is 0.397 e. The van der Waals surface area contributed by atoms with Crippen molar-refractivity contribution in [3.05, 3.63) is 0 Å². The lowest BCUT2D eigenvalue weighted by Crippen LogP contribution is -2.48. The summed E-state index contributed by atoms with van der Waals surface area (Å²) in [5, 5.41) is 57.9. The third kappa shape index (κ3) is 24.7. The van der Waals surface area contributed by atoms with Crippen LogP contribution in [-0.4, -0.2) is 185 Å². The second-order valence-corrected chi connectivity index (χ2v) is 16.6. The molecule has 0 aromatic carbocycles. The van der Waals surface area contributed by atoms with Crippen LogP contribution in [0.3, 0.4) is 0 Å². The van der Waals surface area contributed by atoms with Crippen LogP contribution >= 0.6 is 0 Å². The number of ether oxygens (including phenoxy) is 2. The van der Waals surface area contributed by atoms with E-state index in [0.29, 0.717) is 25.7 Å². The summed E-state index contributed by atoms with van der Waals surface area (Å²) in [7, 11) is -7.63. The van der Waals surface area contributed by atoms with Gasteiger partial charge in [-0.05, 0) is 58.9 Å². The quantitative estimate of drug-likeness (QED) is 0.0610. The van der Waals surface area contributed by atoms with Gasteiger partial charge in [0.1, 0.15) is 12.2 Å². The molecule has 58 heavy (non-hydrogen) atoms. The Balaban J connectivity index is 0. The van der Waals surface area contributed by atoms with E-state index in [-0.39, 0.29) is 67.9 Å². The molecular formula is C27H56N2O25S4. The first kappa shape index (κ1) is 58.6. The van der Waals surface area contributed by atoms with Crippen molar-refractivity contribution < 1.29 is 117 Å². The summed E-state index contributed by atoms with van der Waals surface area (Å²) in [6.07, 6.45) is -5.50. The first-order valence-electron chi connectivity index (χ1n) is 16.8. The second kappa shape index (κ2) is 28.1. The zero-order valence-electron chi connectivity index (χ0n) is 31.1. The highest BCUT2D eigenvalue weighted by atomic mass is 32.3. The van der Waals surface area contributed by atoms with Crippen LogP contribution in [-0.2, 0) is 75.0 Å². The maximum absolute atomic E-state index is 10.6. The summed E-state index contributed by atoms with van der Waals surface area (Å²) in [6.45, 7) is 3.12. The molecule has 4 rings (SSSR count). The lowest BCUT2D eigenvalue weighted by molar-refractivity contribution is -0.151. The van der Waals surface area contributed by atoms with Gasteiger partial charge in [0.05, 0.1) is 67.8 Å². The first-order chi connectivity index (χ1) is 25.8. The predicted molar refractivity (Wildman–Crippen MR) is 196 cm³/mol. The van der Waals surface area contributed by atoms with E-state index in [1.807, 2.05) is 6.92 Å². The highest BCUT2D eigenvalue weighted by Gasteiger charge is 2.42. The number of hydrogen-bond acceptors (Lipinski definition) is 18. The zero-order valence-corrected chi connectivity index (χ0v) is 34.4. The molecule has 0 amide bonds. The van der Waals surface area contributed by atoms with Crippen molar-refractivity contribution in [3.8, 4) is 0 Å². The van der Waals surface area contributed by atoms with Crippen molar-refractivity contribution in [1.82, 2.24) is 10.0 Å². The summed E-state index contributed by atoms with van der Waals surface area (Å²) < 4.78 is 122. The van der Waals surface area contributed by atoms with Gasteiger partial charge in [-0.1, -0.05) is 0 Å². The Kier molecular flexibility index (Phi) is 28.4. The second-order valence-electron chi connectivity index (χ2n) is 13.1. The molecule has 4 aliphatic rings. The molecule has 0 spiro atoms. The van der Waals surface area contributed by atoms with Gasteiger partial charge in [-0.25, -0.2) is 17.3 Å². The fourth-order valence-corrected chi connectivity index (χ4v) is 7.66. The van der Waals surface area contributed by atoms with E-state index < -0.39 is 104 Å². The highest BCUT2D eigenvalue weighted by molar-refractivity contribution is 7.81. The number of carboxylic acids is 2. The van der Waals surface area contributed by atoms with Crippen LogP contribution in [0.1, 0.15) is 58.3 Å². The third-order valence-electron chi connectivity index (χ3n) is 8.57. The molecule has 2 aliphatic carbocycles. The molecule has 2 heterocycles. The Hall–Kier alpha value is -1.54. The minimum atomic E-state index is -4.79. The van der Waals surface area contributed by atoms with Crippen LogP contribution < -0.4 is 10.0 Å². The van der Waals surface area contributed by atoms with Gasteiger partial charge in [-0.15, -0.1) is 0 Å². The van der Waals surface area contributed by atoms with E-state index >= 15 is 0 Å². The number of carboxylic acid groups (broad SMARTS) is 2. The molecule has 4 fully saturated rings. The normalized spacial score (nSPS) is 33.3. The molecule has 0 aromatic heterocycles. The van der Waals surface area contributed by atoms with E-state index in [0.717, 1.165) is 12.8 Å². The Labute approximate surface area is 339 Å². The highest BCUT2D eigenvalue weighted by Crippen LogP contribution is 2.29. The molecule has 0 bridgehead atoms. The molecule has 0 radical (unpaired) electrons. The van der Waals surface area contributed by atoms with Crippen LogP contribution in [0.25, 0.3) is 0 Å². The van der Waals surface area contributed by atoms with Gasteiger partial charge in [0.15, 0.2) is 0 Å². The molecule has 16 N–H and O–H groups in total. The molecule has 12 atom stereocenters. The van der Waals surface area contributed by atoms with Gasteiger partial charge in [-0.3, -0.25) is 32.0 Å². The lowest BCUT2D eigenvalue weighted by Gasteiger charge is -2.33. The summed E-state index contributed by atoms with van der Waals surface area (Å²) in [6, 6.07) is 0.0389. The van der Waals surface area contributed by atoms with Crippen LogP contribution in [0.2, 0.25) is 0 Å². The van der Waals surface area contributed by atoms with Crippen molar-refractivity contribution in [2.75, 3.05) is 26.8 Å². The van der Waals surface area contributed by atoms with Crippen LogP contribution in [0, 0.1) is 11.8 Å². The maximum atomic E-state index is 10.6. The molecule has 2 saturated carbocycles. The predicted octanol–water partition coefficient (Wildman–Crippen LogP) is -4.68. The van der Waals surface area contributed by atoms with E-state index in [1.54, 1.807) is 7.05 Å². The molecule has 31 heteroatoms. The molecule has 27 nitrogen and oxygen atoms in total. The fourth-order valence-electron chi connectivity index (χ4n) is 5.85. The van der Waals surface area contributed by atoms with E-state index in [2.05, 4.69) is 22.6 Å². The molecule has 0 aromatic rings. The van der Waals surface area contributed by atoms with Crippen molar-refractivity contribution in [3.63, 3.8) is 0 Å². The van der Waals surface area contributed by atoms with Crippen LogP contribution in [0.5, 0.6) is 0 Å². The van der Waals surface area contributed by atoms with Gasteiger partial charge in [0.2, 0.25) is 11.3 Å². The Morgan fingerprint density at radius 2 is 1.31 bits per heavy atom. The average molecular weight is 937 g/mol. The topological polar surface area (TPSA) is 472 Å². The number of aliphatic hydroxyl groups excluding tert-OH is 4. The molecule has 12 unspecified atom stereocenters. The standard InChI is InChI=1S/C7H15NO5S.C7H12O8S.C7H12O7S.C6H13NO3S.2H2O/c1-8-3-7-6(9)2-5(13-7)4-12-14(10)11;8-4-1-3(7(10)11)2-5(9)6(4)15-16(12,13)14;8-5-3-4(7(9)10)1-2-6(5)14-15(11,12)13;1-5-2-3-6(4-10-5)7-11(8)9;;/h5-9H,2-4H2,1H3,(H,10,11);3-6,8-9H,1-2H2,(H,10,11)(H,12,13,14);4-6,8H,1-3H2,(H,9,10)(H,11,12,13);5-7H,2-4H2,1H3,(H,8,9);2*1H2. The van der Waals surface area contributed by atoms with Crippen LogP contribution in [0.4, 0.5) is 0 Å². The lowest BCUT2D eigenvalue weighted by atomic mass is 9.83. The number of nitrogens with one attached hydrogen (secondary N) is 2. The van der Waals surface area contributed by atoms with Crippen molar-refractivity contribution in [2.24, 2.45) is 11.8 Å². The largest absolute Gasteiger partial charge is 0.481 e. The van der Waals surface area contributed by atoms with Crippen LogP contribution in [0.15, 0.2) is 0 Å². The Bertz CT molecular complexity index is 1460. The summed E-state index contributed by atoms with van der Waals surface area (Å²) in [5.41, 5.74) is 0. The minimum absolute atomic E-state index is 0. The average Bonchev–Trinajstić information content (AvgIpc) is 3.42. The zero-order chi connectivity index (χ0) is 43.0.